The second-order valence-corrected chi connectivity index (χ2v) is 7.37. The Balaban J connectivity index is 1.81. The van der Waals surface area contributed by atoms with E-state index >= 15 is 0 Å². The fraction of sp³-hybridized carbons (Fsp3) is 0.333. The molecule has 7 nitrogen and oxygen atoms in total. The van der Waals surface area contributed by atoms with Crippen LogP contribution in [0.2, 0.25) is 0 Å². The maximum absolute atomic E-state index is 12.7. The number of nitrogens with zero attached hydrogens (tertiary/aromatic N) is 4. The van der Waals surface area contributed by atoms with Crippen molar-refractivity contribution >= 4 is 39.2 Å². The third-order valence-electron chi connectivity index (χ3n) is 4.47. The quantitative estimate of drug-likeness (QED) is 0.500. The molecule has 1 amide bonds. The van der Waals surface area contributed by atoms with Gasteiger partial charge < -0.3 is 9.30 Å². The molecule has 3 aromatic rings. The molecule has 0 aliphatic rings. The Kier molecular flexibility index (Phi) is 6.77. The number of ether oxygens (including phenoxy) is 1. The minimum absolute atomic E-state index is 0.248. The molecule has 0 bridgehead atoms. The molecule has 0 atom stereocenters. The average molecular weight is 412 g/mol. The second-order valence-electron chi connectivity index (χ2n) is 6.39. The Morgan fingerprint density at radius 1 is 1.34 bits per heavy atom. The molecule has 0 aliphatic heterocycles. The van der Waals surface area contributed by atoms with Gasteiger partial charge in [-0.25, -0.2) is 4.98 Å². The number of hydrogen-bond acceptors (Lipinski definition) is 6. The lowest BCUT2D eigenvalue weighted by molar-refractivity contribution is 0.102. The number of anilines is 1. The number of aryl methyl sites for hydroxylation is 2. The third kappa shape index (κ3) is 4.54. The molecule has 1 aromatic carbocycles. The molecule has 0 saturated carbocycles. The molecule has 0 fully saturated rings. The van der Waals surface area contributed by atoms with Crippen LogP contribution in [0.1, 0.15) is 54.8 Å². The van der Waals surface area contributed by atoms with Gasteiger partial charge in [0.05, 0.1) is 17.3 Å². The number of imidazole rings is 1. The number of nitrogens with one attached hydrogen (secondary N) is 1. The summed E-state index contributed by atoms with van der Waals surface area (Å²) in [6.45, 7) is 10.6. The number of unbranched alkanes of at least 4 members (excludes halogenated alkanes) is 1. The van der Waals surface area contributed by atoms with Gasteiger partial charge in [-0.1, -0.05) is 38.2 Å². The van der Waals surface area contributed by atoms with Gasteiger partial charge in [0.2, 0.25) is 5.13 Å². The van der Waals surface area contributed by atoms with Crippen molar-refractivity contribution in [2.24, 2.45) is 0 Å². The monoisotopic (exact) mass is 411 g/mol. The smallest absolute Gasteiger partial charge is 0.257 e. The van der Waals surface area contributed by atoms with E-state index in [-0.39, 0.29) is 5.91 Å². The van der Waals surface area contributed by atoms with Crippen molar-refractivity contribution in [2.45, 2.75) is 46.6 Å². The highest BCUT2D eigenvalue weighted by Gasteiger charge is 2.15. The van der Waals surface area contributed by atoms with E-state index in [4.69, 9.17) is 9.72 Å². The molecule has 0 unspecified atom stereocenters. The summed E-state index contributed by atoms with van der Waals surface area (Å²) in [5.74, 6) is 1.34. The van der Waals surface area contributed by atoms with Crippen molar-refractivity contribution in [2.75, 3.05) is 5.32 Å². The molecule has 8 heteroatoms. The minimum atomic E-state index is -0.248. The summed E-state index contributed by atoms with van der Waals surface area (Å²) in [7, 11) is 0. The predicted molar refractivity (Wildman–Crippen MR) is 117 cm³/mol. The Morgan fingerprint density at radius 2 is 2.17 bits per heavy atom. The standard InChI is InChI=1S/C21H25N5O2S/c1-5-9-12-26-16-11-10-14(13-15(16)22-18(26)7-3)19(27)23-21-25-24-20(29-21)17(6-2)28-8-4/h6,8,10-11,13H,4-5,7,9,12H2,1-3H3,(H,23,25,27)/b17-6-. The van der Waals surface area contributed by atoms with Gasteiger partial charge in [0.1, 0.15) is 5.82 Å². The zero-order chi connectivity index (χ0) is 20.8. The fourth-order valence-electron chi connectivity index (χ4n) is 3.03. The summed E-state index contributed by atoms with van der Waals surface area (Å²) in [6.07, 6.45) is 6.17. The minimum Gasteiger partial charge on any atom is -0.463 e. The fourth-order valence-corrected chi connectivity index (χ4v) is 3.79. The summed E-state index contributed by atoms with van der Waals surface area (Å²) < 4.78 is 7.54. The van der Waals surface area contributed by atoms with Crippen molar-refractivity contribution < 1.29 is 9.53 Å². The van der Waals surface area contributed by atoms with Gasteiger partial charge >= 0.3 is 0 Å². The van der Waals surface area contributed by atoms with E-state index in [2.05, 4.69) is 40.5 Å². The van der Waals surface area contributed by atoms with Crippen LogP contribution in [0.15, 0.2) is 37.1 Å². The Hall–Kier alpha value is -3.00. The number of carbonyl (C=O) groups excluding carboxylic acids is 1. The molecule has 2 aromatic heterocycles. The van der Waals surface area contributed by atoms with Crippen molar-refractivity contribution in [3.8, 4) is 0 Å². The largest absolute Gasteiger partial charge is 0.463 e. The van der Waals surface area contributed by atoms with Crippen LogP contribution in [-0.2, 0) is 17.7 Å². The van der Waals surface area contributed by atoms with Crippen molar-refractivity contribution in [1.29, 1.82) is 0 Å². The van der Waals surface area contributed by atoms with Crippen LogP contribution in [0.5, 0.6) is 0 Å². The van der Waals surface area contributed by atoms with Gasteiger partial charge in [0.15, 0.2) is 10.8 Å². The highest BCUT2D eigenvalue weighted by Crippen LogP contribution is 2.25. The topological polar surface area (TPSA) is 81.9 Å². The molecule has 1 N–H and O–H groups in total. The molecule has 29 heavy (non-hydrogen) atoms. The molecule has 0 saturated heterocycles. The summed E-state index contributed by atoms with van der Waals surface area (Å²) in [6, 6.07) is 5.61. The first-order valence-electron chi connectivity index (χ1n) is 9.69. The maximum Gasteiger partial charge on any atom is 0.257 e. The van der Waals surface area contributed by atoms with Gasteiger partial charge in [-0.15, -0.1) is 10.2 Å². The zero-order valence-electron chi connectivity index (χ0n) is 16.9. The zero-order valence-corrected chi connectivity index (χ0v) is 17.8. The van der Waals surface area contributed by atoms with Crippen LogP contribution < -0.4 is 5.32 Å². The normalized spacial score (nSPS) is 11.6. The molecule has 3 rings (SSSR count). The van der Waals surface area contributed by atoms with Crippen molar-refractivity contribution in [3.05, 3.63) is 53.5 Å². The number of amides is 1. The number of benzene rings is 1. The van der Waals surface area contributed by atoms with Crippen LogP contribution in [0, 0.1) is 0 Å². The van der Waals surface area contributed by atoms with Crippen LogP contribution in [-0.4, -0.2) is 25.7 Å². The van der Waals surface area contributed by atoms with Crippen LogP contribution >= 0.6 is 11.3 Å². The van der Waals surface area contributed by atoms with E-state index in [1.54, 1.807) is 6.08 Å². The van der Waals surface area contributed by atoms with Crippen molar-refractivity contribution in [1.82, 2.24) is 19.7 Å². The molecule has 0 aliphatic carbocycles. The lowest BCUT2D eigenvalue weighted by atomic mass is 10.2. The molecule has 2 heterocycles. The number of carbonyl (C=O) groups is 1. The summed E-state index contributed by atoms with van der Waals surface area (Å²) in [5, 5.41) is 11.8. The number of allylic oxidation sites excluding steroid dienone is 1. The summed E-state index contributed by atoms with van der Waals surface area (Å²) in [4.78, 5) is 17.4. The van der Waals surface area contributed by atoms with Crippen LogP contribution in [0.3, 0.4) is 0 Å². The van der Waals surface area contributed by atoms with Gasteiger partial charge in [-0.3, -0.25) is 10.1 Å². The lowest BCUT2D eigenvalue weighted by Gasteiger charge is -2.07. The summed E-state index contributed by atoms with van der Waals surface area (Å²) >= 11 is 1.24. The van der Waals surface area contributed by atoms with E-state index in [0.29, 0.717) is 21.5 Å². The molecular weight excluding hydrogens is 386 g/mol. The van der Waals surface area contributed by atoms with Crippen LogP contribution in [0.25, 0.3) is 16.8 Å². The van der Waals surface area contributed by atoms with Crippen LogP contribution in [0.4, 0.5) is 5.13 Å². The first-order valence-corrected chi connectivity index (χ1v) is 10.5. The maximum atomic E-state index is 12.7. The average Bonchev–Trinajstić information content (AvgIpc) is 3.33. The first kappa shape index (κ1) is 20.7. The second kappa shape index (κ2) is 9.47. The lowest BCUT2D eigenvalue weighted by Crippen LogP contribution is -2.11. The third-order valence-corrected chi connectivity index (χ3v) is 5.32. The van der Waals surface area contributed by atoms with Gasteiger partial charge in [0.25, 0.3) is 5.91 Å². The van der Waals surface area contributed by atoms with E-state index < -0.39 is 0 Å². The number of hydrogen-bond donors (Lipinski definition) is 1. The predicted octanol–water partition coefficient (Wildman–Crippen LogP) is 5.02. The number of fused-ring (bicyclic) bond motifs is 1. The van der Waals surface area contributed by atoms with E-state index in [9.17, 15) is 4.79 Å². The molecule has 152 valence electrons. The molecular formula is C21H25N5O2S. The molecule has 0 radical (unpaired) electrons. The van der Waals surface area contributed by atoms with E-state index in [0.717, 1.165) is 42.7 Å². The van der Waals surface area contributed by atoms with Gasteiger partial charge in [-0.2, -0.15) is 0 Å². The van der Waals surface area contributed by atoms with E-state index in [1.165, 1.54) is 17.6 Å². The highest BCUT2D eigenvalue weighted by molar-refractivity contribution is 7.16. The SMILES string of the molecule is C=CO/C(=C\C)c1nnc(NC(=O)c2ccc3c(c2)nc(CC)n3CCCC)s1. The van der Waals surface area contributed by atoms with Gasteiger partial charge in [0, 0.05) is 18.5 Å². The molecule has 0 spiro atoms. The number of rotatable bonds is 9. The first-order chi connectivity index (χ1) is 14.1. The van der Waals surface area contributed by atoms with Gasteiger partial charge in [-0.05, 0) is 37.6 Å². The highest BCUT2D eigenvalue weighted by atomic mass is 32.1. The Bertz CT molecular complexity index is 1050. The number of aromatic nitrogens is 4. The Morgan fingerprint density at radius 3 is 2.86 bits per heavy atom. The van der Waals surface area contributed by atoms with Crippen molar-refractivity contribution in [3.63, 3.8) is 0 Å². The van der Waals surface area contributed by atoms with E-state index in [1.807, 2.05) is 25.1 Å². The Labute approximate surface area is 174 Å². The summed E-state index contributed by atoms with van der Waals surface area (Å²) in [5.41, 5.74) is 2.43.